The largest absolute Gasteiger partial charge is 0.616 e. The van der Waals surface area contributed by atoms with Gasteiger partial charge < -0.3 is 20.0 Å². The van der Waals surface area contributed by atoms with Gasteiger partial charge in [0.25, 0.3) is 5.69 Å². The molecule has 0 amide bonds. The van der Waals surface area contributed by atoms with Gasteiger partial charge in [-0.15, -0.1) is 4.73 Å². The van der Waals surface area contributed by atoms with E-state index in [-0.39, 0.29) is 33.9 Å². The van der Waals surface area contributed by atoms with E-state index < -0.39 is 0 Å². The minimum absolute atomic E-state index is 0.105. The van der Waals surface area contributed by atoms with E-state index >= 15 is 0 Å². The maximum atomic E-state index is 12.8. The van der Waals surface area contributed by atoms with Gasteiger partial charge in [0.1, 0.15) is 11.4 Å². The second-order valence-corrected chi connectivity index (χ2v) is 10.5. The Morgan fingerprint density at radius 2 is 1.60 bits per heavy atom. The Labute approximate surface area is 179 Å². The van der Waals surface area contributed by atoms with Crippen molar-refractivity contribution in [2.75, 3.05) is 7.11 Å². The zero-order valence-corrected chi connectivity index (χ0v) is 19.8. The maximum absolute atomic E-state index is 12.8. The Hall–Kier alpha value is -2.50. The lowest BCUT2D eigenvalue weighted by molar-refractivity contribution is -0.622. The summed E-state index contributed by atoms with van der Waals surface area (Å²) in [7, 11) is 1.43. The summed E-state index contributed by atoms with van der Waals surface area (Å²) in [5, 5.41) is 23.7. The quantitative estimate of drug-likeness (QED) is 0.567. The number of benzene rings is 1. The fourth-order valence-corrected chi connectivity index (χ4v) is 3.63. The first-order valence-electron chi connectivity index (χ1n) is 10.4. The van der Waals surface area contributed by atoms with Gasteiger partial charge in [0.05, 0.1) is 7.11 Å². The summed E-state index contributed by atoms with van der Waals surface area (Å²) in [5.41, 5.74) is 2.22. The predicted octanol–water partition coefficient (Wildman–Crippen LogP) is 4.11. The molecule has 1 aromatic heterocycles. The van der Waals surface area contributed by atoms with Crippen LogP contribution < -0.4 is 15.0 Å². The van der Waals surface area contributed by atoms with Crippen molar-refractivity contribution in [3.63, 3.8) is 0 Å². The number of methoxy groups -OCH3 is 1. The number of aromatic nitrogens is 2. The van der Waals surface area contributed by atoms with Crippen LogP contribution in [0.1, 0.15) is 83.5 Å². The lowest BCUT2D eigenvalue weighted by atomic mass is 9.78. The number of nitrogens with one attached hydrogen (secondary N) is 1. The van der Waals surface area contributed by atoms with Gasteiger partial charge in [0, 0.05) is 12.8 Å². The van der Waals surface area contributed by atoms with Gasteiger partial charge in [-0.2, -0.15) is 0 Å². The summed E-state index contributed by atoms with van der Waals surface area (Å²) in [5.74, 6) is 0.570. The third-order valence-corrected chi connectivity index (χ3v) is 5.18. The van der Waals surface area contributed by atoms with Crippen LogP contribution in [0.4, 0.5) is 0 Å². The van der Waals surface area contributed by atoms with E-state index in [4.69, 9.17) is 4.74 Å². The van der Waals surface area contributed by atoms with Crippen molar-refractivity contribution in [3.8, 4) is 11.6 Å². The van der Waals surface area contributed by atoms with E-state index in [1.807, 2.05) is 67.5 Å². The third-order valence-electron chi connectivity index (χ3n) is 5.18. The number of aromatic hydroxyl groups is 1. The highest BCUT2D eigenvalue weighted by atomic mass is 16.5. The molecule has 1 aromatic carbocycles. The molecule has 0 saturated carbocycles. The first kappa shape index (κ1) is 23.8. The number of phenolic OH excluding ortho intramolecular Hbond substituents is 1. The van der Waals surface area contributed by atoms with E-state index in [9.17, 15) is 15.1 Å². The molecule has 0 spiro atoms. The van der Waals surface area contributed by atoms with Crippen LogP contribution in [0.3, 0.4) is 0 Å². The molecule has 6 nitrogen and oxygen atoms in total. The summed E-state index contributed by atoms with van der Waals surface area (Å²) >= 11 is 0. The lowest BCUT2D eigenvalue weighted by Crippen LogP contribution is -2.43. The van der Waals surface area contributed by atoms with Crippen molar-refractivity contribution in [1.29, 1.82) is 0 Å². The number of nitrogens with zero attached hydrogens (tertiary/aromatic N) is 1. The molecule has 0 fully saturated rings. The van der Waals surface area contributed by atoms with E-state index in [1.54, 1.807) is 0 Å². The van der Waals surface area contributed by atoms with Gasteiger partial charge >= 0.3 is 11.4 Å². The van der Waals surface area contributed by atoms with Gasteiger partial charge in [-0.25, -0.2) is 0 Å². The van der Waals surface area contributed by atoms with Gasteiger partial charge in [-0.3, -0.25) is 4.79 Å². The van der Waals surface area contributed by atoms with Crippen molar-refractivity contribution < 1.29 is 14.6 Å². The number of H-pyrrole nitrogens is 1. The van der Waals surface area contributed by atoms with Crippen LogP contribution in [-0.2, 0) is 23.7 Å². The Bertz CT molecular complexity index is 941. The molecule has 0 atom stereocenters. The van der Waals surface area contributed by atoms with Crippen LogP contribution >= 0.6 is 0 Å². The van der Waals surface area contributed by atoms with Crippen molar-refractivity contribution in [2.24, 2.45) is 5.92 Å². The lowest BCUT2D eigenvalue weighted by Gasteiger charge is -2.28. The van der Waals surface area contributed by atoms with Crippen molar-refractivity contribution in [2.45, 2.75) is 79.1 Å². The summed E-state index contributed by atoms with van der Waals surface area (Å²) < 4.78 is 5.99. The number of rotatable bonds is 5. The first-order valence-corrected chi connectivity index (χ1v) is 10.4. The summed E-state index contributed by atoms with van der Waals surface area (Å²) in [6, 6.07) is 3.89. The molecule has 0 bridgehead atoms. The van der Waals surface area contributed by atoms with Gasteiger partial charge in [0.2, 0.25) is 0 Å². The van der Waals surface area contributed by atoms with Crippen molar-refractivity contribution >= 4 is 0 Å². The maximum Gasteiger partial charge on any atom is 0.400 e. The van der Waals surface area contributed by atoms with Gasteiger partial charge in [-0.05, 0) is 33.4 Å². The molecule has 2 N–H and O–H groups in total. The van der Waals surface area contributed by atoms with Gasteiger partial charge in [0.15, 0.2) is 0 Å². The number of hydrogen-bond donors (Lipinski definition) is 2. The fourth-order valence-electron chi connectivity index (χ4n) is 3.63. The number of aromatic amines is 1. The predicted molar refractivity (Wildman–Crippen MR) is 119 cm³/mol. The van der Waals surface area contributed by atoms with Crippen LogP contribution in [0, 0.1) is 11.1 Å². The number of phenols is 1. The molecule has 0 aliphatic carbocycles. The molecule has 2 aromatic rings. The summed E-state index contributed by atoms with van der Waals surface area (Å²) in [6.45, 7) is 16.2. The zero-order chi connectivity index (χ0) is 23.0. The molecule has 166 valence electrons. The number of ether oxygens (including phenoxy) is 1. The van der Waals surface area contributed by atoms with Crippen LogP contribution in [0.5, 0.6) is 11.6 Å². The van der Waals surface area contributed by atoms with Crippen molar-refractivity contribution in [3.05, 3.63) is 55.8 Å². The highest BCUT2D eigenvalue weighted by molar-refractivity contribution is 5.50. The molecule has 6 heteroatoms. The Morgan fingerprint density at radius 1 is 1.10 bits per heavy atom. The normalized spacial score (nSPS) is 12.5. The Morgan fingerprint density at radius 3 is 2.00 bits per heavy atom. The van der Waals surface area contributed by atoms with Crippen LogP contribution in [0.25, 0.3) is 0 Å². The number of hydrogen-bond acceptors (Lipinski definition) is 4. The van der Waals surface area contributed by atoms with E-state index in [2.05, 4.69) is 4.98 Å². The molecule has 0 aliphatic heterocycles. The molecular weight excluding hydrogens is 380 g/mol. The smallest absolute Gasteiger partial charge is 0.400 e. The summed E-state index contributed by atoms with van der Waals surface area (Å²) in [4.78, 5) is 15.4. The molecule has 30 heavy (non-hydrogen) atoms. The molecule has 1 heterocycles. The molecule has 2 rings (SSSR count). The van der Waals surface area contributed by atoms with Crippen LogP contribution in [0.15, 0.2) is 16.9 Å². The molecule has 0 aliphatic rings. The average molecular weight is 417 g/mol. The fraction of sp³-hybridized carbons (Fsp3) is 0.583. The Kier molecular flexibility index (Phi) is 6.60. The second-order valence-electron chi connectivity index (χ2n) is 10.5. The first-order chi connectivity index (χ1) is 13.7. The molecular formula is C24H36N2O4. The highest BCUT2D eigenvalue weighted by Gasteiger charge is 2.28. The monoisotopic (exact) mass is 416 g/mol. The minimum Gasteiger partial charge on any atom is -0.616 e. The molecule has 0 unspecified atom stereocenters. The SMILES string of the molecule is COc1c(Cc2cc(C(C)(C)C)c(O)c(C(C)(C)C)c2)[nH]c(=O)c(CC(C)C)[n+]1[O-]. The van der Waals surface area contributed by atoms with E-state index in [0.29, 0.717) is 29.0 Å². The van der Waals surface area contributed by atoms with Crippen LogP contribution in [0.2, 0.25) is 0 Å². The van der Waals surface area contributed by atoms with E-state index in [1.165, 1.54) is 7.11 Å². The average Bonchev–Trinajstić information content (AvgIpc) is 2.58. The van der Waals surface area contributed by atoms with Gasteiger partial charge in [-0.1, -0.05) is 67.5 Å². The minimum atomic E-state index is -0.389. The summed E-state index contributed by atoms with van der Waals surface area (Å²) in [6.07, 6.45) is 0.687. The zero-order valence-electron chi connectivity index (χ0n) is 19.8. The molecule has 0 saturated heterocycles. The standard InChI is InChI=1S/C24H36N2O4/c1-14(2)10-19-21(28)25-18(22(30-9)26(19)29)13-15-11-16(23(3,4)5)20(27)17(12-15)24(6,7)8/h11-12,14,27H,10,13H2,1-9H3,(H,25,28). The van der Waals surface area contributed by atoms with E-state index in [0.717, 1.165) is 16.7 Å². The Balaban J connectivity index is 2.67. The van der Waals surface area contributed by atoms with Crippen LogP contribution in [-0.4, -0.2) is 17.2 Å². The highest BCUT2D eigenvalue weighted by Crippen LogP contribution is 2.40. The molecule has 0 radical (unpaired) electrons. The topological polar surface area (TPSA) is 89.3 Å². The third kappa shape index (κ3) is 4.97. The second kappa shape index (κ2) is 8.32. The van der Waals surface area contributed by atoms with Crippen molar-refractivity contribution in [1.82, 2.24) is 4.98 Å².